The zero-order chi connectivity index (χ0) is 9.80. The van der Waals surface area contributed by atoms with Crippen molar-refractivity contribution in [1.82, 2.24) is 7.85 Å². The van der Waals surface area contributed by atoms with Crippen molar-refractivity contribution in [3.05, 3.63) is 0 Å². The molecule has 0 aliphatic carbocycles. The van der Waals surface area contributed by atoms with Crippen LogP contribution in [0.3, 0.4) is 0 Å². The van der Waals surface area contributed by atoms with Gasteiger partial charge in [0.05, 0.1) is 55.9 Å². The number of halogens is 2. The second-order valence-corrected chi connectivity index (χ2v) is 7.16. The SMILES string of the molecule is O=S1(=O)CC2C(C1)N(Br)C(=S)N2Br. The summed E-state index contributed by atoms with van der Waals surface area (Å²) in [5.41, 5.74) is 0. The lowest BCUT2D eigenvalue weighted by Gasteiger charge is -2.13. The summed E-state index contributed by atoms with van der Waals surface area (Å²) in [6.07, 6.45) is 0. The molecular formula is C5H6Br2N2O2S2. The Kier molecular flexibility index (Phi) is 2.37. The molecule has 8 heteroatoms. The van der Waals surface area contributed by atoms with Gasteiger partial charge in [-0.2, -0.15) is 0 Å². The minimum absolute atomic E-state index is 0.0584. The topological polar surface area (TPSA) is 40.6 Å². The highest BCUT2D eigenvalue weighted by atomic mass is 79.9. The number of hydrogen-bond acceptors (Lipinski definition) is 3. The first-order valence-electron chi connectivity index (χ1n) is 3.57. The molecule has 2 aliphatic heterocycles. The molecule has 4 nitrogen and oxygen atoms in total. The van der Waals surface area contributed by atoms with Crippen molar-refractivity contribution in [3.63, 3.8) is 0 Å². The minimum atomic E-state index is -2.90. The van der Waals surface area contributed by atoms with E-state index in [2.05, 4.69) is 32.3 Å². The molecule has 74 valence electrons. The average Bonchev–Trinajstić information content (AvgIpc) is 2.44. The Morgan fingerprint density at radius 2 is 1.62 bits per heavy atom. The largest absolute Gasteiger partial charge is 0.278 e. The van der Waals surface area contributed by atoms with Crippen molar-refractivity contribution < 1.29 is 8.42 Å². The summed E-state index contributed by atoms with van der Waals surface area (Å²) in [5.74, 6) is 0.344. The van der Waals surface area contributed by atoms with Crippen LogP contribution in [0.4, 0.5) is 0 Å². The van der Waals surface area contributed by atoms with E-state index in [1.54, 1.807) is 7.85 Å². The maximum Gasteiger partial charge on any atom is 0.192 e. The quantitative estimate of drug-likeness (QED) is 0.475. The van der Waals surface area contributed by atoms with Crippen molar-refractivity contribution in [2.75, 3.05) is 11.5 Å². The fraction of sp³-hybridized carbons (Fsp3) is 0.800. The summed E-state index contributed by atoms with van der Waals surface area (Å²) in [6.45, 7) is 0. The van der Waals surface area contributed by atoms with Gasteiger partial charge < -0.3 is 0 Å². The highest BCUT2D eigenvalue weighted by Gasteiger charge is 2.50. The number of fused-ring (bicyclic) bond motifs is 1. The van der Waals surface area contributed by atoms with Gasteiger partial charge in [-0.3, -0.25) is 7.85 Å². The van der Waals surface area contributed by atoms with E-state index in [0.717, 1.165) is 0 Å². The molecule has 0 N–H and O–H groups in total. The van der Waals surface area contributed by atoms with Crippen LogP contribution in [0.15, 0.2) is 0 Å². The minimum Gasteiger partial charge on any atom is -0.278 e. The molecular weight excluding hydrogens is 344 g/mol. The molecule has 2 rings (SSSR count). The normalized spacial score (nSPS) is 36.9. The monoisotopic (exact) mass is 348 g/mol. The molecule has 0 saturated carbocycles. The predicted octanol–water partition coefficient (Wildman–Crippen LogP) is 0.674. The standard InChI is InChI=1S/C5H6Br2N2O2S2/c6-8-3-1-13(10,11)2-4(3)9(7)5(8)12/h3-4H,1-2H2. The highest BCUT2D eigenvalue weighted by molar-refractivity contribution is 9.08. The summed E-state index contributed by atoms with van der Waals surface area (Å²) >= 11 is 11.6. The van der Waals surface area contributed by atoms with Gasteiger partial charge in [0.1, 0.15) is 0 Å². The van der Waals surface area contributed by atoms with E-state index in [1.807, 2.05) is 0 Å². The van der Waals surface area contributed by atoms with Crippen LogP contribution in [0.2, 0.25) is 0 Å². The van der Waals surface area contributed by atoms with Crippen molar-refractivity contribution in [2.45, 2.75) is 12.1 Å². The third-order valence-electron chi connectivity index (χ3n) is 2.24. The molecule has 0 aromatic heterocycles. The molecule has 0 aromatic rings. The van der Waals surface area contributed by atoms with Crippen LogP contribution < -0.4 is 0 Å². The van der Waals surface area contributed by atoms with E-state index in [4.69, 9.17) is 12.2 Å². The van der Waals surface area contributed by atoms with E-state index in [-0.39, 0.29) is 23.6 Å². The third kappa shape index (κ3) is 1.51. The molecule has 0 radical (unpaired) electrons. The van der Waals surface area contributed by atoms with Crippen LogP contribution in [0.5, 0.6) is 0 Å². The van der Waals surface area contributed by atoms with E-state index >= 15 is 0 Å². The zero-order valence-electron chi connectivity index (χ0n) is 6.35. The Morgan fingerprint density at radius 1 is 1.23 bits per heavy atom. The molecule has 0 bridgehead atoms. The maximum absolute atomic E-state index is 11.3. The number of sulfone groups is 1. The molecule has 0 aromatic carbocycles. The van der Waals surface area contributed by atoms with E-state index in [1.165, 1.54) is 0 Å². The Bertz CT molecular complexity index is 332. The zero-order valence-corrected chi connectivity index (χ0v) is 11.2. The van der Waals surface area contributed by atoms with Gasteiger partial charge in [-0.15, -0.1) is 0 Å². The summed E-state index contributed by atoms with van der Waals surface area (Å²) in [6, 6.07) is -0.117. The Hall–Kier alpha value is 0.600. The van der Waals surface area contributed by atoms with Crippen LogP contribution in [-0.4, -0.2) is 45.0 Å². The molecule has 2 atom stereocenters. The number of nitrogens with zero attached hydrogens (tertiary/aromatic N) is 2. The smallest absolute Gasteiger partial charge is 0.192 e. The summed E-state index contributed by atoms with van der Waals surface area (Å²) < 4.78 is 25.9. The van der Waals surface area contributed by atoms with Gasteiger partial charge in [-0.1, -0.05) is 0 Å². The molecule has 13 heavy (non-hydrogen) atoms. The van der Waals surface area contributed by atoms with Crippen LogP contribution in [0, 0.1) is 0 Å². The lowest BCUT2D eigenvalue weighted by Crippen LogP contribution is -2.29. The van der Waals surface area contributed by atoms with Gasteiger partial charge in [-0.05, 0) is 12.2 Å². The molecule has 2 saturated heterocycles. The molecule has 2 heterocycles. The summed E-state index contributed by atoms with van der Waals surface area (Å²) in [5, 5.41) is 0.588. The van der Waals surface area contributed by atoms with Crippen LogP contribution in [0.1, 0.15) is 0 Å². The number of rotatable bonds is 0. The second kappa shape index (κ2) is 3.04. The lowest BCUT2D eigenvalue weighted by atomic mass is 10.2. The first kappa shape index (κ1) is 10.1. The average molecular weight is 350 g/mol. The number of hydrogen-bond donors (Lipinski definition) is 0. The van der Waals surface area contributed by atoms with Gasteiger partial charge in [-0.25, -0.2) is 8.42 Å². The van der Waals surface area contributed by atoms with Crippen molar-refractivity contribution >= 4 is 59.5 Å². The van der Waals surface area contributed by atoms with Gasteiger partial charge in [0.2, 0.25) is 0 Å². The van der Waals surface area contributed by atoms with Gasteiger partial charge in [0.15, 0.2) is 14.9 Å². The summed E-state index contributed by atoms with van der Waals surface area (Å²) in [4.78, 5) is 0. The first-order chi connectivity index (χ1) is 5.92. The fourth-order valence-electron chi connectivity index (χ4n) is 1.62. The van der Waals surface area contributed by atoms with Gasteiger partial charge >= 0.3 is 0 Å². The summed E-state index contributed by atoms with van der Waals surface area (Å²) in [7, 11) is -2.90. The van der Waals surface area contributed by atoms with Crippen molar-refractivity contribution in [1.29, 1.82) is 0 Å². The first-order valence-corrected chi connectivity index (χ1v) is 7.21. The highest BCUT2D eigenvalue weighted by Crippen LogP contribution is 2.35. The van der Waals surface area contributed by atoms with Gasteiger partial charge in [0, 0.05) is 0 Å². The van der Waals surface area contributed by atoms with Gasteiger partial charge in [0.25, 0.3) is 0 Å². The van der Waals surface area contributed by atoms with Crippen molar-refractivity contribution in [3.8, 4) is 0 Å². The van der Waals surface area contributed by atoms with Crippen LogP contribution in [0.25, 0.3) is 0 Å². The van der Waals surface area contributed by atoms with E-state index in [9.17, 15) is 8.42 Å². The van der Waals surface area contributed by atoms with Crippen LogP contribution in [-0.2, 0) is 9.84 Å². The lowest BCUT2D eigenvalue weighted by molar-refractivity contribution is 0.484. The predicted molar refractivity (Wildman–Crippen MR) is 60.4 cm³/mol. The molecule has 2 fully saturated rings. The Balaban J connectivity index is 2.33. The molecule has 0 amide bonds. The Morgan fingerprint density at radius 3 is 2.00 bits per heavy atom. The third-order valence-corrected chi connectivity index (χ3v) is 6.53. The number of thiocarbonyl (C=S) groups is 1. The maximum atomic E-state index is 11.3. The van der Waals surface area contributed by atoms with Crippen LogP contribution >= 0.6 is 44.5 Å². The Labute approximate surface area is 98.8 Å². The van der Waals surface area contributed by atoms with Crippen molar-refractivity contribution in [2.24, 2.45) is 0 Å². The second-order valence-electron chi connectivity index (χ2n) is 3.12. The molecule has 2 aliphatic rings. The molecule has 2 unspecified atom stereocenters. The van der Waals surface area contributed by atoms with E-state index in [0.29, 0.717) is 5.11 Å². The fourth-order valence-corrected chi connectivity index (χ4v) is 5.58. The van der Waals surface area contributed by atoms with E-state index < -0.39 is 9.84 Å². The molecule has 0 spiro atoms.